The lowest BCUT2D eigenvalue weighted by Gasteiger charge is -2.09. The molecule has 0 unspecified atom stereocenters. The largest absolute Gasteiger partial charge is 0.483 e. The molecule has 1 N–H and O–H groups in total. The molecule has 0 bridgehead atoms. The van der Waals surface area contributed by atoms with E-state index in [0.717, 1.165) is 5.56 Å². The van der Waals surface area contributed by atoms with E-state index in [9.17, 15) is 9.18 Å². The zero-order valence-corrected chi connectivity index (χ0v) is 11.6. The van der Waals surface area contributed by atoms with Crippen LogP contribution in [0.2, 0.25) is 5.02 Å². The molecular formula is C15H13ClFNO2. The number of carbonyl (C=O) groups excluding carboxylic acids is 1. The molecule has 1 amide bonds. The number of carbonyl (C=O) groups is 1. The Labute approximate surface area is 121 Å². The van der Waals surface area contributed by atoms with Crippen molar-refractivity contribution < 1.29 is 13.9 Å². The molecule has 0 spiro atoms. The summed E-state index contributed by atoms with van der Waals surface area (Å²) in [6.07, 6.45) is 0. The van der Waals surface area contributed by atoms with Gasteiger partial charge in [0.05, 0.1) is 0 Å². The molecule has 2 rings (SSSR count). The second-order valence-corrected chi connectivity index (χ2v) is 4.69. The van der Waals surface area contributed by atoms with Crippen molar-refractivity contribution in [2.45, 2.75) is 6.92 Å². The van der Waals surface area contributed by atoms with E-state index in [1.165, 1.54) is 18.2 Å². The van der Waals surface area contributed by atoms with Crippen molar-refractivity contribution in [1.82, 2.24) is 0 Å². The Morgan fingerprint density at radius 3 is 2.80 bits per heavy atom. The summed E-state index contributed by atoms with van der Waals surface area (Å²) in [6.45, 7) is 1.69. The summed E-state index contributed by atoms with van der Waals surface area (Å²) < 4.78 is 18.4. The van der Waals surface area contributed by atoms with E-state index < -0.39 is 5.82 Å². The lowest BCUT2D eigenvalue weighted by Crippen LogP contribution is -2.20. The van der Waals surface area contributed by atoms with Crippen LogP contribution in [0.5, 0.6) is 5.75 Å². The average molecular weight is 294 g/mol. The number of hydrogen-bond donors (Lipinski definition) is 1. The molecule has 0 heterocycles. The highest BCUT2D eigenvalue weighted by molar-refractivity contribution is 6.30. The van der Waals surface area contributed by atoms with Crippen molar-refractivity contribution in [3.8, 4) is 5.75 Å². The van der Waals surface area contributed by atoms with Gasteiger partial charge in [-0.3, -0.25) is 4.79 Å². The number of rotatable bonds is 4. The molecule has 2 aromatic rings. The standard InChI is InChI=1S/C15H13ClFNO2/c1-10-7-11(16)5-6-14(10)20-9-15(19)18-13-4-2-3-12(17)8-13/h2-8H,9H2,1H3,(H,18,19). The first-order valence-corrected chi connectivity index (χ1v) is 6.37. The number of anilines is 1. The first kappa shape index (κ1) is 14.3. The van der Waals surface area contributed by atoms with Crippen LogP contribution in [-0.2, 0) is 4.79 Å². The molecular weight excluding hydrogens is 281 g/mol. The fourth-order valence-electron chi connectivity index (χ4n) is 1.68. The Morgan fingerprint density at radius 2 is 2.10 bits per heavy atom. The molecule has 0 radical (unpaired) electrons. The number of nitrogens with one attached hydrogen (secondary N) is 1. The summed E-state index contributed by atoms with van der Waals surface area (Å²) in [5, 5.41) is 3.16. The fraction of sp³-hybridized carbons (Fsp3) is 0.133. The van der Waals surface area contributed by atoms with E-state index in [4.69, 9.17) is 16.3 Å². The topological polar surface area (TPSA) is 38.3 Å². The van der Waals surface area contributed by atoms with E-state index in [1.807, 2.05) is 6.92 Å². The predicted octanol–water partition coefficient (Wildman–Crippen LogP) is 3.81. The molecule has 3 nitrogen and oxygen atoms in total. The Hall–Kier alpha value is -2.07. The molecule has 0 aliphatic carbocycles. The van der Waals surface area contributed by atoms with Crippen molar-refractivity contribution in [3.63, 3.8) is 0 Å². The summed E-state index contributed by atoms with van der Waals surface area (Å²) >= 11 is 5.83. The van der Waals surface area contributed by atoms with Crippen LogP contribution in [0.25, 0.3) is 0 Å². The molecule has 0 aliphatic heterocycles. The molecule has 5 heteroatoms. The molecule has 0 saturated carbocycles. The van der Waals surface area contributed by atoms with Crippen LogP contribution >= 0.6 is 11.6 Å². The summed E-state index contributed by atoms with van der Waals surface area (Å²) in [4.78, 5) is 11.7. The van der Waals surface area contributed by atoms with E-state index in [1.54, 1.807) is 24.3 Å². The second-order valence-electron chi connectivity index (χ2n) is 4.26. The van der Waals surface area contributed by atoms with Crippen LogP contribution < -0.4 is 10.1 Å². The van der Waals surface area contributed by atoms with Gasteiger partial charge >= 0.3 is 0 Å². The SMILES string of the molecule is Cc1cc(Cl)ccc1OCC(=O)Nc1cccc(F)c1. The first-order chi connectivity index (χ1) is 9.54. The molecule has 0 aliphatic rings. The smallest absolute Gasteiger partial charge is 0.262 e. The maximum absolute atomic E-state index is 13.0. The third-order valence-electron chi connectivity index (χ3n) is 2.60. The number of ether oxygens (including phenoxy) is 1. The Morgan fingerprint density at radius 1 is 1.30 bits per heavy atom. The van der Waals surface area contributed by atoms with Gasteiger partial charge in [-0.15, -0.1) is 0 Å². The quantitative estimate of drug-likeness (QED) is 0.931. The number of hydrogen-bond acceptors (Lipinski definition) is 2. The van der Waals surface area contributed by atoms with E-state index in [2.05, 4.69) is 5.32 Å². The normalized spacial score (nSPS) is 10.2. The van der Waals surface area contributed by atoms with Gasteiger partial charge in [0.1, 0.15) is 11.6 Å². The lowest BCUT2D eigenvalue weighted by molar-refractivity contribution is -0.118. The average Bonchev–Trinajstić information content (AvgIpc) is 2.37. The highest BCUT2D eigenvalue weighted by Crippen LogP contribution is 2.21. The van der Waals surface area contributed by atoms with E-state index in [-0.39, 0.29) is 12.5 Å². The van der Waals surface area contributed by atoms with Gasteiger partial charge in [-0.1, -0.05) is 17.7 Å². The van der Waals surface area contributed by atoms with Crippen molar-refractivity contribution in [2.24, 2.45) is 0 Å². The van der Waals surface area contributed by atoms with Crippen LogP contribution in [0.1, 0.15) is 5.56 Å². The van der Waals surface area contributed by atoms with Crippen molar-refractivity contribution in [3.05, 3.63) is 58.9 Å². The first-order valence-electron chi connectivity index (χ1n) is 5.99. The maximum atomic E-state index is 13.0. The summed E-state index contributed by atoms with van der Waals surface area (Å²) in [7, 11) is 0. The van der Waals surface area contributed by atoms with Crippen LogP contribution in [0.15, 0.2) is 42.5 Å². The van der Waals surface area contributed by atoms with Crippen molar-refractivity contribution in [2.75, 3.05) is 11.9 Å². The number of aryl methyl sites for hydroxylation is 1. The minimum absolute atomic E-state index is 0.154. The van der Waals surface area contributed by atoms with E-state index >= 15 is 0 Å². The van der Waals surface area contributed by atoms with E-state index in [0.29, 0.717) is 16.5 Å². The van der Waals surface area contributed by atoms with Gasteiger partial charge in [0.15, 0.2) is 6.61 Å². The van der Waals surface area contributed by atoms with Gasteiger partial charge in [0.25, 0.3) is 5.91 Å². The monoisotopic (exact) mass is 293 g/mol. The van der Waals surface area contributed by atoms with Gasteiger partial charge in [-0.25, -0.2) is 4.39 Å². The van der Waals surface area contributed by atoms with Crippen LogP contribution in [-0.4, -0.2) is 12.5 Å². The predicted molar refractivity (Wildman–Crippen MR) is 76.7 cm³/mol. The van der Waals surface area contributed by atoms with Gasteiger partial charge in [0, 0.05) is 10.7 Å². The maximum Gasteiger partial charge on any atom is 0.262 e. The van der Waals surface area contributed by atoms with Gasteiger partial charge in [-0.05, 0) is 48.9 Å². The zero-order valence-electron chi connectivity index (χ0n) is 10.8. The number of halogens is 2. The third kappa shape index (κ3) is 3.96. The fourth-order valence-corrected chi connectivity index (χ4v) is 1.91. The second kappa shape index (κ2) is 6.39. The van der Waals surface area contributed by atoms with Crippen LogP contribution in [0.4, 0.5) is 10.1 Å². The summed E-state index contributed by atoms with van der Waals surface area (Å²) in [5.41, 5.74) is 1.24. The van der Waals surface area contributed by atoms with Gasteiger partial charge < -0.3 is 10.1 Å². The summed E-state index contributed by atoms with van der Waals surface area (Å²) in [5.74, 6) is -0.175. The Bertz CT molecular complexity index is 631. The minimum atomic E-state index is -0.405. The minimum Gasteiger partial charge on any atom is -0.483 e. The van der Waals surface area contributed by atoms with Crippen LogP contribution in [0.3, 0.4) is 0 Å². The summed E-state index contributed by atoms with van der Waals surface area (Å²) in [6, 6.07) is 10.8. The molecule has 0 atom stereocenters. The van der Waals surface area contributed by atoms with Crippen molar-refractivity contribution >= 4 is 23.2 Å². The number of benzene rings is 2. The highest BCUT2D eigenvalue weighted by Gasteiger charge is 2.06. The Kier molecular flexibility index (Phi) is 4.58. The molecule has 0 saturated heterocycles. The lowest BCUT2D eigenvalue weighted by atomic mass is 10.2. The third-order valence-corrected chi connectivity index (χ3v) is 2.84. The van der Waals surface area contributed by atoms with Gasteiger partial charge in [0.2, 0.25) is 0 Å². The highest BCUT2D eigenvalue weighted by atomic mass is 35.5. The van der Waals surface area contributed by atoms with Gasteiger partial charge in [-0.2, -0.15) is 0 Å². The number of amides is 1. The van der Waals surface area contributed by atoms with Crippen LogP contribution in [0, 0.1) is 12.7 Å². The molecule has 20 heavy (non-hydrogen) atoms. The molecule has 0 fully saturated rings. The molecule has 104 valence electrons. The Balaban J connectivity index is 1.92. The molecule has 0 aromatic heterocycles. The zero-order chi connectivity index (χ0) is 14.5. The molecule has 2 aromatic carbocycles. The van der Waals surface area contributed by atoms with Crippen molar-refractivity contribution in [1.29, 1.82) is 0 Å².